The Morgan fingerprint density at radius 3 is 2.69 bits per heavy atom. The van der Waals surface area contributed by atoms with Crippen molar-refractivity contribution in [1.29, 1.82) is 0 Å². The number of allylic oxidation sites excluding steroid dienone is 1. The Hall–Kier alpha value is -3.39. The molecule has 0 aromatic heterocycles. The summed E-state index contributed by atoms with van der Waals surface area (Å²) in [6, 6.07) is 15.1. The molecule has 2 aliphatic rings. The molecule has 0 spiro atoms. The van der Waals surface area contributed by atoms with Crippen LogP contribution in [-0.4, -0.2) is 29.1 Å². The Morgan fingerprint density at radius 2 is 1.97 bits per heavy atom. The molecule has 6 nitrogen and oxygen atoms in total. The van der Waals surface area contributed by atoms with E-state index in [2.05, 4.69) is 10.3 Å². The quantitative estimate of drug-likeness (QED) is 0.664. The number of rotatable bonds is 6. The van der Waals surface area contributed by atoms with Gasteiger partial charge in [0.15, 0.2) is 5.17 Å². The van der Waals surface area contributed by atoms with Crippen LogP contribution in [0, 0.1) is 5.82 Å². The maximum Gasteiger partial charge on any atom is 0.338 e. The first-order valence-corrected chi connectivity index (χ1v) is 10.9. The zero-order valence-corrected chi connectivity index (χ0v) is 18.5. The lowest BCUT2D eigenvalue weighted by atomic mass is 9.94. The number of nitrogens with zero attached hydrogens (tertiary/aromatic N) is 2. The maximum absolute atomic E-state index is 14.1. The third-order valence-corrected chi connectivity index (χ3v) is 6.13. The number of thioether (sulfide) groups is 1. The van der Waals surface area contributed by atoms with Crippen LogP contribution in [0.2, 0.25) is 0 Å². The summed E-state index contributed by atoms with van der Waals surface area (Å²) >= 11 is 1.37. The summed E-state index contributed by atoms with van der Waals surface area (Å²) in [7, 11) is 1.30. The van der Waals surface area contributed by atoms with Crippen molar-refractivity contribution in [1.82, 2.24) is 10.2 Å². The first kappa shape index (κ1) is 21.8. The van der Waals surface area contributed by atoms with Gasteiger partial charge in [-0.3, -0.25) is 4.79 Å². The van der Waals surface area contributed by atoms with E-state index in [1.54, 1.807) is 19.1 Å². The molecule has 32 heavy (non-hydrogen) atoms. The Labute approximate surface area is 189 Å². The van der Waals surface area contributed by atoms with Gasteiger partial charge in [-0.15, -0.1) is 0 Å². The number of carbonyl (C=O) groups is 2. The molecule has 0 fully saturated rings. The Bertz CT molecular complexity index is 1140. The Balaban J connectivity index is 1.61. The molecule has 2 aromatic rings. The molecule has 1 amide bonds. The van der Waals surface area contributed by atoms with E-state index in [4.69, 9.17) is 4.74 Å². The molecule has 0 radical (unpaired) electrons. The SMILES string of the molecule is COC(=O)C1=C(C)N=C2SC=C(CC(=O)NCc3ccccc3)N2[C@H]1c1cccc(F)c1. The third kappa shape index (κ3) is 4.45. The van der Waals surface area contributed by atoms with Gasteiger partial charge in [-0.2, -0.15) is 0 Å². The number of amides is 1. The number of methoxy groups -OCH3 is 1. The van der Waals surface area contributed by atoms with Crippen molar-refractivity contribution in [2.75, 3.05) is 7.11 Å². The lowest BCUT2D eigenvalue weighted by Gasteiger charge is -2.36. The smallest absolute Gasteiger partial charge is 0.338 e. The van der Waals surface area contributed by atoms with Crippen molar-refractivity contribution in [3.8, 4) is 0 Å². The lowest BCUT2D eigenvalue weighted by molar-refractivity contribution is -0.136. The maximum atomic E-state index is 14.1. The van der Waals surface area contributed by atoms with Gasteiger partial charge in [0.1, 0.15) is 5.82 Å². The molecule has 2 aromatic carbocycles. The fourth-order valence-electron chi connectivity index (χ4n) is 3.76. The van der Waals surface area contributed by atoms with Gasteiger partial charge >= 0.3 is 5.97 Å². The number of amidine groups is 1. The van der Waals surface area contributed by atoms with Crippen LogP contribution in [-0.2, 0) is 20.9 Å². The molecule has 0 saturated carbocycles. The number of benzene rings is 2. The number of halogens is 1. The lowest BCUT2D eigenvalue weighted by Crippen LogP contribution is -2.38. The summed E-state index contributed by atoms with van der Waals surface area (Å²) in [6.45, 7) is 2.15. The molecule has 8 heteroatoms. The van der Waals surface area contributed by atoms with Crippen LogP contribution >= 0.6 is 11.8 Å². The second kappa shape index (κ2) is 9.40. The van der Waals surface area contributed by atoms with E-state index < -0.39 is 17.8 Å². The average molecular weight is 452 g/mol. The van der Waals surface area contributed by atoms with Crippen molar-refractivity contribution in [2.45, 2.75) is 25.9 Å². The normalized spacial score (nSPS) is 17.5. The second-order valence-electron chi connectivity index (χ2n) is 7.38. The van der Waals surface area contributed by atoms with Gasteiger partial charge in [-0.25, -0.2) is 14.2 Å². The van der Waals surface area contributed by atoms with E-state index in [1.807, 2.05) is 40.6 Å². The van der Waals surface area contributed by atoms with Crippen LogP contribution in [0.1, 0.15) is 30.5 Å². The molecular weight excluding hydrogens is 429 g/mol. The predicted molar refractivity (Wildman–Crippen MR) is 122 cm³/mol. The number of hydrogen-bond acceptors (Lipinski definition) is 6. The minimum absolute atomic E-state index is 0.0954. The zero-order valence-electron chi connectivity index (χ0n) is 17.7. The van der Waals surface area contributed by atoms with Crippen molar-refractivity contribution in [3.63, 3.8) is 0 Å². The molecule has 1 N–H and O–H groups in total. The second-order valence-corrected chi connectivity index (χ2v) is 8.22. The summed E-state index contributed by atoms with van der Waals surface area (Å²) in [6.07, 6.45) is 0.0954. The largest absolute Gasteiger partial charge is 0.466 e. The molecular formula is C24H22FN3O3S. The average Bonchev–Trinajstić information content (AvgIpc) is 3.18. The molecule has 4 rings (SSSR count). The van der Waals surface area contributed by atoms with Gasteiger partial charge in [-0.05, 0) is 35.6 Å². The third-order valence-electron chi connectivity index (χ3n) is 5.24. The van der Waals surface area contributed by atoms with E-state index in [1.165, 1.54) is 31.0 Å². The van der Waals surface area contributed by atoms with E-state index in [0.717, 1.165) is 5.56 Å². The van der Waals surface area contributed by atoms with Gasteiger partial charge in [0.2, 0.25) is 5.91 Å². The molecule has 1 atom stereocenters. The zero-order chi connectivity index (χ0) is 22.7. The highest BCUT2D eigenvalue weighted by Crippen LogP contribution is 2.44. The van der Waals surface area contributed by atoms with Crippen LogP contribution in [0.4, 0.5) is 4.39 Å². The van der Waals surface area contributed by atoms with Crippen LogP contribution in [0.3, 0.4) is 0 Å². The molecule has 2 heterocycles. The minimum Gasteiger partial charge on any atom is -0.466 e. The highest BCUT2D eigenvalue weighted by Gasteiger charge is 2.41. The number of hydrogen-bond donors (Lipinski definition) is 1. The van der Waals surface area contributed by atoms with Gasteiger partial charge in [0.05, 0.1) is 30.8 Å². The molecule has 0 saturated heterocycles. The minimum atomic E-state index is -0.645. The van der Waals surface area contributed by atoms with Crippen LogP contribution in [0.25, 0.3) is 0 Å². The highest BCUT2D eigenvalue weighted by molar-refractivity contribution is 8.16. The Morgan fingerprint density at radius 1 is 1.19 bits per heavy atom. The van der Waals surface area contributed by atoms with E-state index in [0.29, 0.717) is 34.2 Å². The summed E-state index contributed by atoms with van der Waals surface area (Å²) in [4.78, 5) is 31.7. The number of fused-ring (bicyclic) bond motifs is 1. The number of ether oxygens (including phenoxy) is 1. The molecule has 2 aliphatic heterocycles. The van der Waals surface area contributed by atoms with E-state index in [-0.39, 0.29) is 12.3 Å². The molecule has 0 bridgehead atoms. The topological polar surface area (TPSA) is 71.0 Å². The van der Waals surface area contributed by atoms with Crippen LogP contribution < -0.4 is 5.32 Å². The van der Waals surface area contributed by atoms with Crippen LogP contribution in [0.5, 0.6) is 0 Å². The summed E-state index contributed by atoms with van der Waals surface area (Å²) in [5.74, 6) is -1.11. The van der Waals surface area contributed by atoms with Crippen molar-refractivity contribution >= 4 is 28.8 Å². The first-order valence-electron chi connectivity index (χ1n) is 10.1. The van der Waals surface area contributed by atoms with Crippen molar-refractivity contribution < 1.29 is 18.7 Å². The molecule has 164 valence electrons. The van der Waals surface area contributed by atoms with E-state index >= 15 is 0 Å². The van der Waals surface area contributed by atoms with E-state index in [9.17, 15) is 14.0 Å². The number of carbonyl (C=O) groups excluding carboxylic acids is 2. The first-order chi connectivity index (χ1) is 15.5. The van der Waals surface area contributed by atoms with Crippen molar-refractivity contribution in [3.05, 3.63) is 93.9 Å². The summed E-state index contributed by atoms with van der Waals surface area (Å²) in [5, 5.41) is 5.40. The monoisotopic (exact) mass is 451 g/mol. The standard InChI is InChI=1S/C24H22FN3O3S/c1-15-21(23(30)31-2)22(17-9-6-10-18(25)11-17)28-19(14-32-24(28)27-15)12-20(29)26-13-16-7-4-3-5-8-16/h3-11,14,22H,12-13H2,1-2H3,(H,26,29)/t22-/m0/s1. The highest BCUT2D eigenvalue weighted by atomic mass is 32.2. The fraction of sp³-hybridized carbons (Fsp3) is 0.208. The van der Waals surface area contributed by atoms with Gasteiger partial charge < -0.3 is 15.0 Å². The molecule has 0 unspecified atom stereocenters. The Kier molecular flexibility index (Phi) is 6.41. The number of aliphatic imine (C=N–C) groups is 1. The predicted octanol–water partition coefficient (Wildman–Crippen LogP) is 4.28. The van der Waals surface area contributed by atoms with Crippen molar-refractivity contribution in [2.24, 2.45) is 4.99 Å². The van der Waals surface area contributed by atoms with Crippen LogP contribution in [0.15, 0.2) is 82.0 Å². The van der Waals surface area contributed by atoms with Gasteiger partial charge in [0.25, 0.3) is 0 Å². The van der Waals surface area contributed by atoms with Gasteiger partial charge in [-0.1, -0.05) is 54.2 Å². The molecule has 0 aliphatic carbocycles. The number of nitrogens with one attached hydrogen (secondary N) is 1. The fourth-order valence-corrected chi connectivity index (χ4v) is 4.72. The number of esters is 1. The van der Waals surface area contributed by atoms with Gasteiger partial charge in [0, 0.05) is 12.2 Å². The summed E-state index contributed by atoms with van der Waals surface area (Å²) in [5.41, 5.74) is 3.09. The summed E-state index contributed by atoms with van der Waals surface area (Å²) < 4.78 is 19.1.